The molecule has 0 aliphatic heterocycles. The van der Waals surface area contributed by atoms with Gasteiger partial charge in [0.05, 0.1) is 5.56 Å². The molecule has 0 atom stereocenters. The fourth-order valence-corrected chi connectivity index (χ4v) is 0.804. The van der Waals surface area contributed by atoms with Crippen LogP contribution >= 0.6 is 0 Å². The first-order chi connectivity index (χ1) is 5.99. The molecule has 0 fully saturated rings. The number of carbonyl (C=O) groups is 1. The molecule has 0 spiro atoms. The first-order valence-electron chi connectivity index (χ1n) is 4.10. The van der Waals surface area contributed by atoms with Crippen molar-refractivity contribution in [3.8, 4) is 0 Å². The number of esters is 1. The van der Waals surface area contributed by atoms with Crippen LogP contribution in [0.2, 0.25) is 0 Å². The van der Waals surface area contributed by atoms with Crippen molar-refractivity contribution < 1.29 is 9.53 Å². The van der Waals surface area contributed by atoms with Gasteiger partial charge in [0.1, 0.15) is 5.60 Å². The summed E-state index contributed by atoms with van der Waals surface area (Å²) in [6, 6.07) is 10.5. The molecule has 0 aliphatic rings. The van der Waals surface area contributed by atoms with Crippen LogP contribution in [0.1, 0.15) is 31.1 Å². The highest BCUT2D eigenvalue weighted by Crippen LogP contribution is 2.10. The van der Waals surface area contributed by atoms with Crippen LogP contribution in [0.5, 0.6) is 0 Å². The van der Waals surface area contributed by atoms with Gasteiger partial charge in [-0.25, -0.2) is 4.79 Å². The molecule has 1 aromatic carbocycles. The maximum atomic E-state index is 11.4. The predicted molar refractivity (Wildman–Crippen MR) is 49.3 cm³/mol. The molecule has 2 nitrogen and oxygen atoms in total. The summed E-state index contributed by atoms with van der Waals surface area (Å²) in [5, 5.41) is 0. The lowest BCUT2D eigenvalue weighted by atomic mass is 10.2. The molecule has 1 rings (SSSR count). The molecule has 68 valence electrons. The van der Waals surface area contributed by atoms with Crippen molar-refractivity contribution in [1.82, 2.24) is 0 Å². The van der Waals surface area contributed by atoms with E-state index in [2.05, 4.69) is 12.1 Å². The zero-order valence-electron chi connectivity index (χ0n) is 8.05. The van der Waals surface area contributed by atoms with E-state index in [1.165, 1.54) is 0 Å². The van der Waals surface area contributed by atoms with Gasteiger partial charge in [-0.05, 0) is 39.0 Å². The zero-order valence-corrected chi connectivity index (χ0v) is 8.05. The van der Waals surface area contributed by atoms with Crippen molar-refractivity contribution in [2.45, 2.75) is 26.4 Å². The molecule has 13 heavy (non-hydrogen) atoms. The molecule has 2 radical (unpaired) electrons. The SMILES string of the molecule is CC(C)(C)OC(=O)c1[c]cc[c]c1. The molecule has 0 heterocycles. The molecule has 0 amide bonds. The zero-order chi connectivity index (χ0) is 9.90. The lowest BCUT2D eigenvalue weighted by molar-refractivity contribution is 0.00691. The molecule has 0 aliphatic carbocycles. The van der Waals surface area contributed by atoms with Crippen LogP contribution in [0.4, 0.5) is 0 Å². The second kappa shape index (κ2) is 3.60. The Morgan fingerprint density at radius 1 is 1.38 bits per heavy atom. The van der Waals surface area contributed by atoms with Gasteiger partial charge >= 0.3 is 5.97 Å². The Morgan fingerprint density at radius 2 is 2.08 bits per heavy atom. The first-order valence-corrected chi connectivity index (χ1v) is 4.10. The lowest BCUT2D eigenvalue weighted by Gasteiger charge is -2.19. The molecule has 2 heteroatoms. The van der Waals surface area contributed by atoms with Gasteiger partial charge in [-0.3, -0.25) is 0 Å². The molecule has 0 N–H and O–H groups in total. The first kappa shape index (κ1) is 9.78. The van der Waals surface area contributed by atoms with Crippen LogP contribution in [-0.2, 0) is 4.74 Å². The smallest absolute Gasteiger partial charge is 0.339 e. The van der Waals surface area contributed by atoms with E-state index in [9.17, 15) is 4.79 Å². The number of hydrogen-bond donors (Lipinski definition) is 0. The summed E-state index contributed by atoms with van der Waals surface area (Å²) in [4.78, 5) is 11.4. The van der Waals surface area contributed by atoms with E-state index >= 15 is 0 Å². The Hall–Kier alpha value is -1.31. The maximum absolute atomic E-state index is 11.4. The summed E-state index contributed by atoms with van der Waals surface area (Å²) in [5.74, 6) is -0.357. The van der Waals surface area contributed by atoms with Crippen LogP contribution in [0.15, 0.2) is 18.2 Å². The van der Waals surface area contributed by atoms with Gasteiger partial charge in [0.25, 0.3) is 0 Å². The minimum atomic E-state index is -0.458. The largest absolute Gasteiger partial charge is 0.456 e. The van der Waals surface area contributed by atoms with Gasteiger partial charge in [-0.1, -0.05) is 12.1 Å². The third-order valence-electron chi connectivity index (χ3n) is 1.26. The van der Waals surface area contributed by atoms with Crippen LogP contribution in [-0.4, -0.2) is 11.6 Å². The van der Waals surface area contributed by atoms with Crippen molar-refractivity contribution >= 4 is 5.97 Å². The van der Waals surface area contributed by atoms with Gasteiger partial charge in [-0.15, -0.1) is 0 Å². The second-order valence-electron chi connectivity index (χ2n) is 3.70. The molecular weight excluding hydrogens is 164 g/mol. The van der Waals surface area contributed by atoms with E-state index in [1.54, 1.807) is 18.2 Å². The summed E-state index contributed by atoms with van der Waals surface area (Å²) >= 11 is 0. The standard InChI is InChI=1S/C11H12O2/c1-11(2,3)13-10(12)9-7-5-4-6-8-9/h4-5,8H,1-3H3. The highest BCUT2D eigenvalue weighted by atomic mass is 16.6. The minimum absolute atomic E-state index is 0.357. The number of benzene rings is 1. The van der Waals surface area contributed by atoms with E-state index < -0.39 is 5.60 Å². The van der Waals surface area contributed by atoms with Crippen molar-refractivity contribution in [1.29, 1.82) is 0 Å². The summed E-state index contributed by atoms with van der Waals surface area (Å²) in [6.07, 6.45) is 0. The molecule has 0 aromatic heterocycles. The van der Waals surface area contributed by atoms with Crippen LogP contribution in [0.3, 0.4) is 0 Å². The molecule has 0 unspecified atom stereocenters. The highest BCUT2D eigenvalue weighted by Gasteiger charge is 2.17. The average molecular weight is 176 g/mol. The van der Waals surface area contributed by atoms with E-state index in [4.69, 9.17) is 4.74 Å². The van der Waals surface area contributed by atoms with Gasteiger partial charge in [0.15, 0.2) is 0 Å². The van der Waals surface area contributed by atoms with Crippen LogP contribution < -0.4 is 0 Å². The predicted octanol–water partition coefficient (Wildman–Crippen LogP) is 2.24. The van der Waals surface area contributed by atoms with E-state index in [-0.39, 0.29) is 5.97 Å². The fourth-order valence-electron chi connectivity index (χ4n) is 0.804. The highest BCUT2D eigenvalue weighted by molar-refractivity contribution is 5.89. The summed E-state index contributed by atoms with van der Waals surface area (Å²) in [5.41, 5.74) is -0.0433. The third kappa shape index (κ3) is 3.28. The third-order valence-corrected chi connectivity index (χ3v) is 1.26. The molecule has 0 bridgehead atoms. The van der Waals surface area contributed by atoms with Gasteiger partial charge in [0.2, 0.25) is 0 Å². The average Bonchev–Trinajstić information content (AvgIpc) is 2.03. The summed E-state index contributed by atoms with van der Waals surface area (Å²) in [7, 11) is 0. The fraction of sp³-hybridized carbons (Fsp3) is 0.364. The quantitative estimate of drug-likeness (QED) is 0.613. The Balaban J connectivity index is 2.71. The Bertz CT molecular complexity index is 283. The minimum Gasteiger partial charge on any atom is -0.456 e. The maximum Gasteiger partial charge on any atom is 0.339 e. The molecule has 0 saturated heterocycles. The van der Waals surface area contributed by atoms with Gasteiger partial charge in [0, 0.05) is 0 Å². The number of carbonyl (C=O) groups excluding carboxylic acids is 1. The molecular formula is C11H12O2. The van der Waals surface area contributed by atoms with Crippen molar-refractivity contribution in [3.05, 3.63) is 35.9 Å². The Labute approximate surface area is 78.5 Å². The number of hydrogen-bond acceptors (Lipinski definition) is 2. The van der Waals surface area contributed by atoms with E-state index in [1.807, 2.05) is 20.8 Å². The van der Waals surface area contributed by atoms with Gasteiger partial charge in [-0.2, -0.15) is 0 Å². The topological polar surface area (TPSA) is 26.3 Å². The van der Waals surface area contributed by atoms with E-state index in [0.29, 0.717) is 5.56 Å². The second-order valence-corrected chi connectivity index (χ2v) is 3.70. The van der Waals surface area contributed by atoms with E-state index in [0.717, 1.165) is 0 Å². The number of ether oxygens (including phenoxy) is 1. The Kier molecular flexibility index (Phi) is 2.71. The van der Waals surface area contributed by atoms with Crippen LogP contribution in [0, 0.1) is 12.1 Å². The monoisotopic (exact) mass is 176 g/mol. The number of rotatable bonds is 1. The lowest BCUT2D eigenvalue weighted by Crippen LogP contribution is -2.23. The Morgan fingerprint density at radius 3 is 2.54 bits per heavy atom. The van der Waals surface area contributed by atoms with Crippen LogP contribution in [0.25, 0.3) is 0 Å². The molecule has 1 aromatic rings. The summed E-state index contributed by atoms with van der Waals surface area (Å²) in [6.45, 7) is 5.49. The normalized spacial score (nSPS) is 11.0. The van der Waals surface area contributed by atoms with Crippen molar-refractivity contribution in [2.24, 2.45) is 0 Å². The van der Waals surface area contributed by atoms with Crippen molar-refractivity contribution in [3.63, 3.8) is 0 Å². The summed E-state index contributed by atoms with van der Waals surface area (Å²) < 4.78 is 5.13. The van der Waals surface area contributed by atoms with Crippen molar-refractivity contribution in [2.75, 3.05) is 0 Å². The molecule has 0 saturated carbocycles. The van der Waals surface area contributed by atoms with Gasteiger partial charge < -0.3 is 4.74 Å².